The zero-order valence-electron chi connectivity index (χ0n) is 15.2. The number of anilines is 1. The molecule has 0 unspecified atom stereocenters. The molecule has 0 spiro atoms. The maximum absolute atomic E-state index is 12.4. The number of carbonyl (C=O) groups excluding carboxylic acids is 3. The zero-order chi connectivity index (χ0) is 19.6. The molecule has 1 N–H and O–H groups in total. The third-order valence-corrected chi connectivity index (χ3v) is 5.37. The van der Waals surface area contributed by atoms with Gasteiger partial charge in [-0.05, 0) is 50.2 Å². The minimum atomic E-state index is -0.522. The Kier molecular flexibility index (Phi) is 5.51. The van der Waals surface area contributed by atoms with Gasteiger partial charge in [0.1, 0.15) is 12.4 Å². The van der Waals surface area contributed by atoms with Crippen molar-refractivity contribution in [2.75, 3.05) is 12.4 Å². The Morgan fingerprint density at radius 2 is 1.89 bits per heavy atom. The van der Waals surface area contributed by atoms with E-state index in [-0.39, 0.29) is 23.5 Å². The highest BCUT2D eigenvalue weighted by molar-refractivity contribution is 8.00. The van der Waals surface area contributed by atoms with E-state index in [1.807, 2.05) is 6.92 Å². The summed E-state index contributed by atoms with van der Waals surface area (Å²) in [5.41, 5.74) is 2.07. The van der Waals surface area contributed by atoms with E-state index in [1.165, 1.54) is 25.8 Å². The Bertz CT molecular complexity index is 925. The van der Waals surface area contributed by atoms with Gasteiger partial charge in [0.25, 0.3) is 0 Å². The average Bonchev–Trinajstić information content (AvgIpc) is 2.66. The number of Topliss-reactive ketones (excluding diaryl/α,β-unsaturated/α-hetero) is 1. The zero-order valence-corrected chi connectivity index (χ0v) is 16.0. The van der Waals surface area contributed by atoms with Crippen molar-refractivity contribution in [1.82, 2.24) is 0 Å². The lowest BCUT2D eigenvalue weighted by Gasteiger charge is -2.21. The number of carbonyl (C=O) groups is 3. The number of benzene rings is 2. The molecule has 1 aliphatic rings. The van der Waals surface area contributed by atoms with Gasteiger partial charge in [-0.3, -0.25) is 9.59 Å². The molecule has 1 aliphatic heterocycles. The van der Waals surface area contributed by atoms with Crippen LogP contribution in [0.3, 0.4) is 0 Å². The number of hydrogen-bond donors (Lipinski definition) is 1. The van der Waals surface area contributed by atoms with E-state index < -0.39 is 5.97 Å². The molecule has 7 heteroatoms. The number of hydrogen-bond acceptors (Lipinski definition) is 6. The first kappa shape index (κ1) is 19.0. The summed E-state index contributed by atoms with van der Waals surface area (Å²) in [6.07, 6.45) is 0. The summed E-state index contributed by atoms with van der Waals surface area (Å²) in [5.74, 6) is -0.159. The van der Waals surface area contributed by atoms with Crippen molar-refractivity contribution in [3.8, 4) is 5.75 Å². The fourth-order valence-corrected chi connectivity index (χ4v) is 3.60. The van der Waals surface area contributed by atoms with Crippen LogP contribution in [0.1, 0.15) is 40.1 Å². The van der Waals surface area contributed by atoms with Gasteiger partial charge in [-0.15, -0.1) is 11.8 Å². The molecule has 3 rings (SSSR count). The van der Waals surface area contributed by atoms with Crippen LogP contribution < -0.4 is 10.1 Å². The number of rotatable bonds is 5. The van der Waals surface area contributed by atoms with Gasteiger partial charge in [0.15, 0.2) is 5.78 Å². The highest BCUT2D eigenvalue weighted by atomic mass is 32.2. The number of ether oxygens (including phenoxy) is 2. The van der Waals surface area contributed by atoms with Crippen molar-refractivity contribution in [2.45, 2.75) is 30.6 Å². The Morgan fingerprint density at radius 3 is 2.59 bits per heavy atom. The maximum atomic E-state index is 12.4. The molecule has 6 nitrogen and oxygen atoms in total. The molecule has 1 atom stereocenters. The first-order valence-corrected chi connectivity index (χ1v) is 9.23. The molecule has 0 aromatic heterocycles. The minimum Gasteiger partial charge on any atom is -0.496 e. The van der Waals surface area contributed by atoms with Crippen molar-refractivity contribution in [3.05, 3.63) is 53.1 Å². The average molecular weight is 385 g/mol. The van der Waals surface area contributed by atoms with E-state index in [0.29, 0.717) is 28.1 Å². The van der Waals surface area contributed by atoms with Crippen LogP contribution in [-0.4, -0.2) is 30.0 Å². The Balaban J connectivity index is 1.75. The minimum absolute atomic E-state index is 0.0294. The van der Waals surface area contributed by atoms with Crippen molar-refractivity contribution in [3.63, 3.8) is 0 Å². The van der Waals surface area contributed by atoms with E-state index in [2.05, 4.69) is 5.32 Å². The molecule has 27 heavy (non-hydrogen) atoms. The van der Waals surface area contributed by atoms with Gasteiger partial charge < -0.3 is 14.8 Å². The summed E-state index contributed by atoms with van der Waals surface area (Å²) < 4.78 is 10.6. The molecule has 0 bridgehead atoms. The maximum Gasteiger partial charge on any atom is 0.338 e. The summed E-state index contributed by atoms with van der Waals surface area (Å²) in [6.45, 7) is 3.27. The van der Waals surface area contributed by atoms with Crippen molar-refractivity contribution in [1.29, 1.82) is 0 Å². The number of thioether (sulfide) groups is 1. The van der Waals surface area contributed by atoms with Crippen LogP contribution in [0.25, 0.3) is 0 Å². The molecule has 2 aromatic carbocycles. The summed E-state index contributed by atoms with van der Waals surface area (Å²) in [4.78, 5) is 36.7. The van der Waals surface area contributed by atoms with E-state index in [9.17, 15) is 14.4 Å². The highest BCUT2D eigenvalue weighted by Gasteiger charge is 2.24. The van der Waals surface area contributed by atoms with E-state index in [0.717, 1.165) is 4.90 Å². The van der Waals surface area contributed by atoms with E-state index in [4.69, 9.17) is 9.47 Å². The van der Waals surface area contributed by atoms with Gasteiger partial charge in [-0.2, -0.15) is 0 Å². The second kappa shape index (κ2) is 7.84. The van der Waals surface area contributed by atoms with Crippen LogP contribution >= 0.6 is 11.8 Å². The molecule has 140 valence electrons. The van der Waals surface area contributed by atoms with Crippen LogP contribution in [0.2, 0.25) is 0 Å². The standard InChI is InChI=1S/C20H19NO5S/c1-11(22)13-4-6-17(25-3)15(8-13)10-26-20(24)14-5-7-18-16(9-14)21-19(23)12(2)27-18/h4-9,12H,10H2,1-3H3,(H,21,23)/t12-/m0/s1. The lowest BCUT2D eigenvalue weighted by atomic mass is 10.1. The number of methoxy groups -OCH3 is 1. The van der Waals surface area contributed by atoms with Crippen LogP contribution in [0.15, 0.2) is 41.3 Å². The number of nitrogens with one attached hydrogen (secondary N) is 1. The fraction of sp³-hybridized carbons (Fsp3) is 0.250. The Labute approximate surface area is 161 Å². The molecule has 1 heterocycles. The fourth-order valence-electron chi connectivity index (χ4n) is 2.67. The summed E-state index contributed by atoms with van der Waals surface area (Å²) in [6, 6.07) is 10.1. The van der Waals surface area contributed by atoms with Crippen LogP contribution in [0.4, 0.5) is 5.69 Å². The number of esters is 1. The van der Waals surface area contributed by atoms with Crippen LogP contribution in [-0.2, 0) is 16.1 Å². The third kappa shape index (κ3) is 4.14. The molecular formula is C20H19NO5S. The smallest absolute Gasteiger partial charge is 0.338 e. The van der Waals surface area contributed by atoms with Gasteiger partial charge in [-0.25, -0.2) is 4.79 Å². The lowest BCUT2D eigenvalue weighted by molar-refractivity contribution is -0.115. The van der Waals surface area contributed by atoms with Gasteiger partial charge in [0.05, 0.1) is 23.6 Å². The van der Waals surface area contributed by atoms with Gasteiger partial charge in [0, 0.05) is 16.0 Å². The molecule has 0 fully saturated rings. The quantitative estimate of drug-likeness (QED) is 0.624. The number of fused-ring (bicyclic) bond motifs is 1. The van der Waals surface area contributed by atoms with E-state index in [1.54, 1.807) is 36.4 Å². The molecule has 1 amide bonds. The van der Waals surface area contributed by atoms with Crippen molar-refractivity contribution >= 4 is 35.1 Å². The monoisotopic (exact) mass is 385 g/mol. The lowest BCUT2D eigenvalue weighted by Crippen LogP contribution is -2.26. The molecule has 0 aliphatic carbocycles. The van der Waals surface area contributed by atoms with Gasteiger partial charge in [0.2, 0.25) is 5.91 Å². The summed E-state index contributed by atoms with van der Waals surface area (Å²) >= 11 is 1.45. The molecule has 0 saturated heterocycles. The first-order valence-electron chi connectivity index (χ1n) is 8.35. The predicted octanol–water partition coefficient (Wildman–Crippen LogP) is 3.69. The second-order valence-electron chi connectivity index (χ2n) is 6.12. The number of amides is 1. The SMILES string of the molecule is COc1ccc(C(C)=O)cc1COC(=O)c1ccc2c(c1)NC(=O)[C@H](C)S2. The van der Waals surface area contributed by atoms with Crippen molar-refractivity contribution < 1.29 is 23.9 Å². The van der Waals surface area contributed by atoms with Gasteiger partial charge >= 0.3 is 5.97 Å². The Morgan fingerprint density at radius 1 is 1.15 bits per heavy atom. The second-order valence-corrected chi connectivity index (χ2v) is 7.50. The van der Waals surface area contributed by atoms with Crippen LogP contribution in [0.5, 0.6) is 5.75 Å². The number of ketones is 1. The van der Waals surface area contributed by atoms with Crippen molar-refractivity contribution in [2.24, 2.45) is 0 Å². The third-order valence-electron chi connectivity index (χ3n) is 4.19. The molecule has 0 saturated carbocycles. The predicted molar refractivity (Wildman–Crippen MR) is 103 cm³/mol. The van der Waals surface area contributed by atoms with E-state index >= 15 is 0 Å². The molecular weight excluding hydrogens is 366 g/mol. The van der Waals surface area contributed by atoms with Gasteiger partial charge in [-0.1, -0.05) is 0 Å². The summed E-state index contributed by atoms with van der Waals surface area (Å²) in [5, 5.41) is 2.62. The highest BCUT2D eigenvalue weighted by Crippen LogP contribution is 2.36. The normalized spacial score (nSPS) is 15.5. The molecule has 0 radical (unpaired) electrons. The largest absolute Gasteiger partial charge is 0.496 e. The van der Waals surface area contributed by atoms with Crippen LogP contribution in [0, 0.1) is 0 Å². The topological polar surface area (TPSA) is 81.7 Å². The Hall–Kier alpha value is -2.80. The summed E-state index contributed by atoms with van der Waals surface area (Å²) in [7, 11) is 1.51. The molecule has 2 aromatic rings. The first-order chi connectivity index (χ1) is 12.9.